The molecule has 0 radical (unpaired) electrons. The number of hydrogen-bond donors (Lipinski definition) is 1. The molecule has 0 unspecified atom stereocenters. The van der Waals surface area contributed by atoms with Crippen LogP contribution in [0.15, 0.2) is 24.8 Å². The maximum Gasteiger partial charge on any atom is 0.142 e. The van der Waals surface area contributed by atoms with E-state index in [1.54, 1.807) is 6.08 Å². The lowest BCUT2D eigenvalue weighted by Crippen LogP contribution is -2.11. The molecule has 0 aliphatic rings. The van der Waals surface area contributed by atoms with E-state index >= 15 is 0 Å². The van der Waals surface area contributed by atoms with E-state index in [-0.39, 0.29) is 10.6 Å². The van der Waals surface area contributed by atoms with Crippen molar-refractivity contribution in [1.29, 1.82) is 0 Å². The second kappa shape index (κ2) is 4.53. The molecule has 0 aromatic heterocycles. The van der Waals surface area contributed by atoms with E-state index in [0.717, 1.165) is 12.1 Å². The molecule has 0 aliphatic heterocycles. The zero-order valence-electron chi connectivity index (χ0n) is 7.43. The summed E-state index contributed by atoms with van der Waals surface area (Å²) in [6.07, 6.45) is 1.94. The highest BCUT2D eigenvalue weighted by Crippen LogP contribution is 2.24. The lowest BCUT2D eigenvalue weighted by molar-refractivity contribution is 0.564. The first-order valence-electron chi connectivity index (χ1n) is 4.07. The molecule has 0 amide bonds. The first kappa shape index (κ1) is 11.1. The molecule has 14 heavy (non-hydrogen) atoms. The maximum atomic E-state index is 13.2. The first-order chi connectivity index (χ1) is 6.56. The zero-order chi connectivity index (χ0) is 10.7. The van der Waals surface area contributed by atoms with Crippen molar-refractivity contribution in [3.8, 4) is 0 Å². The van der Waals surface area contributed by atoms with Crippen LogP contribution >= 0.6 is 11.6 Å². The van der Waals surface area contributed by atoms with Crippen molar-refractivity contribution >= 4 is 11.6 Å². The summed E-state index contributed by atoms with van der Waals surface area (Å²) in [6.45, 7) is 3.47. The fraction of sp³-hybridized carbons (Fsp3) is 0.200. The van der Waals surface area contributed by atoms with Gasteiger partial charge in [-0.05, 0) is 18.6 Å². The molecule has 76 valence electrons. The summed E-state index contributed by atoms with van der Waals surface area (Å²) in [4.78, 5) is 0. The van der Waals surface area contributed by atoms with Gasteiger partial charge in [-0.25, -0.2) is 8.78 Å². The Hall–Kier alpha value is -0.930. The standard InChI is InChI=1S/C10H10ClF2N/c1-2-3-10(14)6-4-9(13)7(11)5-8(6)12/h2,4-5,10H,1,3,14H2/t10-/m1/s1. The predicted molar refractivity (Wildman–Crippen MR) is 53.1 cm³/mol. The Balaban J connectivity index is 3.08. The Morgan fingerprint density at radius 1 is 1.43 bits per heavy atom. The lowest BCUT2D eigenvalue weighted by Gasteiger charge is -2.11. The number of benzene rings is 1. The highest BCUT2D eigenvalue weighted by atomic mass is 35.5. The van der Waals surface area contributed by atoms with Crippen LogP contribution in [0, 0.1) is 11.6 Å². The van der Waals surface area contributed by atoms with Crippen molar-refractivity contribution < 1.29 is 8.78 Å². The van der Waals surface area contributed by atoms with Crippen LogP contribution in [0.5, 0.6) is 0 Å². The minimum atomic E-state index is -0.664. The SMILES string of the molecule is C=CC[C@@H](N)c1cc(F)c(Cl)cc1F. The second-order valence-electron chi connectivity index (χ2n) is 2.92. The molecule has 0 fully saturated rings. The van der Waals surface area contributed by atoms with Crippen LogP contribution in [-0.4, -0.2) is 0 Å². The second-order valence-corrected chi connectivity index (χ2v) is 3.33. The average Bonchev–Trinajstić information content (AvgIpc) is 2.11. The number of rotatable bonds is 3. The molecule has 1 atom stereocenters. The molecule has 0 saturated heterocycles. The van der Waals surface area contributed by atoms with Crippen LogP contribution < -0.4 is 5.73 Å². The smallest absolute Gasteiger partial charge is 0.142 e. The summed E-state index contributed by atoms with van der Waals surface area (Å²) in [5, 5.41) is -0.239. The average molecular weight is 218 g/mol. The highest BCUT2D eigenvalue weighted by molar-refractivity contribution is 6.30. The van der Waals surface area contributed by atoms with E-state index in [0.29, 0.717) is 6.42 Å². The van der Waals surface area contributed by atoms with Crippen LogP contribution in [0.1, 0.15) is 18.0 Å². The van der Waals surface area contributed by atoms with Crippen molar-refractivity contribution in [2.45, 2.75) is 12.5 Å². The third-order valence-electron chi connectivity index (χ3n) is 1.86. The summed E-state index contributed by atoms with van der Waals surface area (Å²) in [6, 6.07) is 1.36. The van der Waals surface area contributed by atoms with Gasteiger partial charge in [-0.15, -0.1) is 6.58 Å². The summed E-state index contributed by atoms with van der Waals surface area (Å²) >= 11 is 5.39. The van der Waals surface area contributed by atoms with Gasteiger partial charge in [-0.3, -0.25) is 0 Å². The van der Waals surface area contributed by atoms with Gasteiger partial charge in [-0.1, -0.05) is 17.7 Å². The van der Waals surface area contributed by atoms with Gasteiger partial charge in [0.2, 0.25) is 0 Å². The number of nitrogens with two attached hydrogens (primary N) is 1. The molecule has 1 nitrogen and oxygen atoms in total. The van der Waals surface area contributed by atoms with E-state index in [1.807, 2.05) is 0 Å². The van der Waals surface area contributed by atoms with Crippen LogP contribution in [0.4, 0.5) is 8.78 Å². The van der Waals surface area contributed by atoms with E-state index in [9.17, 15) is 8.78 Å². The molecule has 1 rings (SSSR count). The molecule has 0 heterocycles. The third kappa shape index (κ3) is 2.30. The van der Waals surface area contributed by atoms with Crippen molar-refractivity contribution in [3.63, 3.8) is 0 Å². The van der Waals surface area contributed by atoms with Crippen LogP contribution in [-0.2, 0) is 0 Å². The first-order valence-corrected chi connectivity index (χ1v) is 4.45. The van der Waals surface area contributed by atoms with E-state index < -0.39 is 17.7 Å². The van der Waals surface area contributed by atoms with Gasteiger partial charge in [-0.2, -0.15) is 0 Å². The zero-order valence-corrected chi connectivity index (χ0v) is 8.19. The van der Waals surface area contributed by atoms with E-state index in [1.165, 1.54) is 0 Å². The Morgan fingerprint density at radius 3 is 2.64 bits per heavy atom. The minimum absolute atomic E-state index is 0.117. The quantitative estimate of drug-likeness (QED) is 0.611. The third-order valence-corrected chi connectivity index (χ3v) is 2.15. The topological polar surface area (TPSA) is 26.0 Å². The van der Waals surface area contributed by atoms with Crippen LogP contribution in [0.3, 0.4) is 0 Å². The maximum absolute atomic E-state index is 13.2. The van der Waals surface area contributed by atoms with Crippen LogP contribution in [0.25, 0.3) is 0 Å². The highest BCUT2D eigenvalue weighted by Gasteiger charge is 2.13. The molecule has 1 aromatic rings. The van der Waals surface area contributed by atoms with Crippen molar-refractivity contribution in [2.24, 2.45) is 5.73 Å². The van der Waals surface area contributed by atoms with Gasteiger partial charge in [0.1, 0.15) is 11.6 Å². The number of halogens is 3. The summed E-state index contributed by atoms with van der Waals surface area (Å²) in [7, 11) is 0. The van der Waals surface area contributed by atoms with Gasteiger partial charge < -0.3 is 5.73 Å². The largest absolute Gasteiger partial charge is 0.324 e. The molecule has 0 spiro atoms. The fourth-order valence-corrected chi connectivity index (χ4v) is 1.28. The number of hydrogen-bond acceptors (Lipinski definition) is 1. The van der Waals surface area contributed by atoms with Gasteiger partial charge in [0.05, 0.1) is 5.02 Å². The van der Waals surface area contributed by atoms with Crippen molar-refractivity contribution in [3.05, 3.63) is 47.0 Å². The molecule has 1 aromatic carbocycles. The van der Waals surface area contributed by atoms with E-state index in [4.69, 9.17) is 17.3 Å². The normalized spacial score (nSPS) is 12.6. The fourth-order valence-electron chi connectivity index (χ4n) is 1.13. The Kier molecular flexibility index (Phi) is 3.61. The Morgan fingerprint density at radius 2 is 2.07 bits per heavy atom. The lowest BCUT2D eigenvalue weighted by atomic mass is 10.0. The molecule has 0 aliphatic carbocycles. The monoisotopic (exact) mass is 217 g/mol. The predicted octanol–water partition coefficient (Wildman–Crippen LogP) is 3.19. The molecule has 2 N–H and O–H groups in total. The van der Waals surface area contributed by atoms with Crippen LogP contribution in [0.2, 0.25) is 5.02 Å². The van der Waals surface area contributed by atoms with Crippen molar-refractivity contribution in [2.75, 3.05) is 0 Å². The summed E-state index contributed by atoms with van der Waals surface area (Å²) in [5.41, 5.74) is 5.72. The van der Waals surface area contributed by atoms with Gasteiger partial charge >= 0.3 is 0 Å². The van der Waals surface area contributed by atoms with Gasteiger partial charge in [0.15, 0.2) is 0 Å². The van der Waals surface area contributed by atoms with Gasteiger partial charge in [0.25, 0.3) is 0 Å². The Bertz CT molecular complexity index is 352. The van der Waals surface area contributed by atoms with Gasteiger partial charge in [0, 0.05) is 11.6 Å². The molecular weight excluding hydrogens is 208 g/mol. The molecule has 0 saturated carbocycles. The molecular formula is C10H10ClF2N. The molecule has 4 heteroatoms. The van der Waals surface area contributed by atoms with Crippen molar-refractivity contribution in [1.82, 2.24) is 0 Å². The van der Waals surface area contributed by atoms with E-state index in [2.05, 4.69) is 6.58 Å². The Labute approximate surface area is 86.2 Å². The minimum Gasteiger partial charge on any atom is -0.324 e. The molecule has 0 bridgehead atoms. The summed E-state index contributed by atoms with van der Waals surface area (Å²) in [5.74, 6) is -1.26. The summed E-state index contributed by atoms with van der Waals surface area (Å²) < 4.78 is 26.2.